The molecule has 2 aromatic carbocycles. The number of carbonyl (C=O) groups is 1. The van der Waals surface area contributed by atoms with Crippen LogP contribution in [0.15, 0.2) is 54.6 Å². The number of allylic oxidation sites excluding steroid dienone is 3. The van der Waals surface area contributed by atoms with Crippen LogP contribution in [0.2, 0.25) is 0 Å². The monoisotopic (exact) mass is 496 g/mol. The highest BCUT2D eigenvalue weighted by Gasteiger charge is 2.27. The number of ketones is 1. The average Bonchev–Trinajstić information content (AvgIpc) is 2.83. The lowest BCUT2D eigenvalue weighted by molar-refractivity contribution is 0.0969. The average molecular weight is 497 g/mol. The molecule has 198 valence electrons. The van der Waals surface area contributed by atoms with E-state index >= 15 is 0 Å². The second-order valence-corrected chi connectivity index (χ2v) is 9.39. The number of hydrogen-bond acceptors (Lipinski definition) is 5. The summed E-state index contributed by atoms with van der Waals surface area (Å²) < 4.78 is 11.2. The van der Waals surface area contributed by atoms with Crippen LogP contribution in [0.4, 0.5) is 0 Å². The van der Waals surface area contributed by atoms with Gasteiger partial charge in [-0.05, 0) is 63.1 Å². The van der Waals surface area contributed by atoms with E-state index in [4.69, 9.17) is 9.47 Å². The van der Waals surface area contributed by atoms with Crippen LogP contribution in [-0.2, 0) is 6.42 Å². The summed E-state index contributed by atoms with van der Waals surface area (Å²) in [4.78, 5) is 13.4. The summed E-state index contributed by atoms with van der Waals surface area (Å²) in [6.45, 7) is 13.5. The Morgan fingerprint density at radius 1 is 1.11 bits per heavy atom. The molecular formula is C31H44O5. The van der Waals surface area contributed by atoms with E-state index < -0.39 is 0 Å². The van der Waals surface area contributed by atoms with E-state index in [0.717, 1.165) is 24.8 Å². The molecule has 2 aromatic rings. The molecule has 0 aromatic heterocycles. The maximum atomic E-state index is 13.4. The molecule has 0 heterocycles. The Balaban J connectivity index is 0.00000205. The molecule has 2 rings (SSSR count). The molecule has 36 heavy (non-hydrogen) atoms. The zero-order chi connectivity index (χ0) is 27.3. The first-order chi connectivity index (χ1) is 17.1. The molecule has 0 spiro atoms. The lowest BCUT2D eigenvalue weighted by atomic mass is 9.87. The molecule has 0 aliphatic heterocycles. The first-order valence-electron chi connectivity index (χ1n) is 12.6. The first kappa shape index (κ1) is 30.8. The van der Waals surface area contributed by atoms with Gasteiger partial charge in [-0.2, -0.15) is 0 Å². The molecule has 5 nitrogen and oxygen atoms in total. The van der Waals surface area contributed by atoms with Gasteiger partial charge in [0.15, 0.2) is 5.78 Å². The van der Waals surface area contributed by atoms with Crippen LogP contribution in [0.1, 0.15) is 87.7 Å². The van der Waals surface area contributed by atoms with Gasteiger partial charge in [-0.1, -0.05) is 56.5 Å². The number of rotatable bonds is 12. The summed E-state index contributed by atoms with van der Waals surface area (Å²) in [6, 6.07) is 8.41. The third-order valence-electron chi connectivity index (χ3n) is 6.03. The highest BCUT2D eigenvalue weighted by atomic mass is 16.5. The summed E-state index contributed by atoms with van der Waals surface area (Å²) in [5, 5.41) is 20.4. The van der Waals surface area contributed by atoms with Crippen molar-refractivity contribution in [2.24, 2.45) is 5.92 Å². The van der Waals surface area contributed by atoms with Crippen molar-refractivity contribution >= 4 is 5.78 Å². The highest BCUT2D eigenvalue weighted by molar-refractivity contribution is 6.02. The van der Waals surface area contributed by atoms with Crippen molar-refractivity contribution in [2.75, 3.05) is 14.2 Å². The summed E-state index contributed by atoms with van der Waals surface area (Å²) in [5.41, 5.74) is 3.25. The number of phenolic OH excluding ortho intramolecular Hbond substituents is 2. The van der Waals surface area contributed by atoms with Crippen molar-refractivity contribution < 1.29 is 24.5 Å². The largest absolute Gasteiger partial charge is 0.508 e. The molecule has 0 saturated carbocycles. The number of phenols is 2. The van der Waals surface area contributed by atoms with Crippen molar-refractivity contribution in [3.63, 3.8) is 0 Å². The van der Waals surface area contributed by atoms with Crippen LogP contribution < -0.4 is 9.47 Å². The predicted octanol–water partition coefficient (Wildman–Crippen LogP) is 8.00. The number of carbonyl (C=O) groups excluding carboxylic acids is 1. The van der Waals surface area contributed by atoms with Crippen LogP contribution in [0, 0.1) is 5.92 Å². The normalized spacial score (nSPS) is 12.0. The summed E-state index contributed by atoms with van der Waals surface area (Å²) in [7, 11) is 3.02. The lowest BCUT2D eigenvalue weighted by Crippen LogP contribution is -2.12. The minimum atomic E-state index is -0.109. The zero-order valence-electron chi connectivity index (χ0n) is 23.1. The van der Waals surface area contributed by atoms with Crippen molar-refractivity contribution in [2.45, 2.75) is 72.6 Å². The fraction of sp³-hybridized carbons (Fsp3) is 0.452. The van der Waals surface area contributed by atoms with Crippen LogP contribution in [0.3, 0.4) is 0 Å². The molecular weight excluding hydrogens is 452 g/mol. The van der Waals surface area contributed by atoms with E-state index in [2.05, 4.69) is 33.4 Å². The molecule has 0 radical (unpaired) electrons. The number of benzene rings is 2. The second-order valence-electron chi connectivity index (χ2n) is 9.39. The fourth-order valence-corrected chi connectivity index (χ4v) is 4.21. The van der Waals surface area contributed by atoms with E-state index in [1.165, 1.54) is 25.9 Å². The minimum absolute atomic E-state index is 0.0599. The Morgan fingerprint density at radius 3 is 2.22 bits per heavy atom. The first-order valence-corrected chi connectivity index (χ1v) is 12.6. The Bertz CT molecular complexity index is 1000. The Morgan fingerprint density at radius 2 is 1.72 bits per heavy atom. The summed E-state index contributed by atoms with van der Waals surface area (Å²) >= 11 is 0. The Hall–Kier alpha value is -3.21. The number of aromatic hydroxyl groups is 2. The van der Waals surface area contributed by atoms with Gasteiger partial charge < -0.3 is 19.7 Å². The van der Waals surface area contributed by atoms with Crippen LogP contribution in [0.25, 0.3) is 0 Å². The van der Waals surface area contributed by atoms with Crippen LogP contribution >= 0.6 is 0 Å². The summed E-state index contributed by atoms with van der Waals surface area (Å²) in [5.74, 6) is 1.15. The Kier molecular flexibility index (Phi) is 13.5. The van der Waals surface area contributed by atoms with Crippen molar-refractivity contribution in [3.8, 4) is 23.0 Å². The molecule has 0 saturated heterocycles. The molecule has 0 bridgehead atoms. The van der Waals surface area contributed by atoms with Gasteiger partial charge in [-0.3, -0.25) is 4.79 Å². The van der Waals surface area contributed by atoms with E-state index in [0.29, 0.717) is 35.0 Å². The van der Waals surface area contributed by atoms with Crippen LogP contribution in [-0.4, -0.2) is 30.2 Å². The highest BCUT2D eigenvalue weighted by Crippen LogP contribution is 2.42. The Labute approximate surface area is 217 Å². The number of hydrogen-bond donors (Lipinski definition) is 2. The van der Waals surface area contributed by atoms with Gasteiger partial charge in [0.05, 0.1) is 14.2 Å². The van der Waals surface area contributed by atoms with Crippen LogP contribution in [0.5, 0.6) is 23.0 Å². The predicted molar refractivity (Wildman–Crippen MR) is 149 cm³/mol. The van der Waals surface area contributed by atoms with Gasteiger partial charge in [0.2, 0.25) is 0 Å². The van der Waals surface area contributed by atoms with E-state index in [1.54, 1.807) is 18.2 Å². The maximum absolute atomic E-state index is 13.4. The van der Waals surface area contributed by atoms with Gasteiger partial charge in [-0.25, -0.2) is 0 Å². The smallest absolute Gasteiger partial charge is 0.170 e. The van der Waals surface area contributed by atoms with E-state index in [-0.39, 0.29) is 29.6 Å². The van der Waals surface area contributed by atoms with Gasteiger partial charge in [0, 0.05) is 18.1 Å². The van der Waals surface area contributed by atoms with Gasteiger partial charge in [0.25, 0.3) is 0 Å². The molecule has 2 atom stereocenters. The molecule has 0 aliphatic carbocycles. The lowest BCUT2D eigenvalue weighted by Gasteiger charge is -2.22. The van der Waals surface area contributed by atoms with E-state index in [9.17, 15) is 15.0 Å². The van der Waals surface area contributed by atoms with Crippen molar-refractivity contribution in [1.82, 2.24) is 0 Å². The van der Waals surface area contributed by atoms with Gasteiger partial charge in [-0.15, -0.1) is 6.58 Å². The maximum Gasteiger partial charge on any atom is 0.170 e. The van der Waals surface area contributed by atoms with Gasteiger partial charge >= 0.3 is 0 Å². The molecule has 1 unspecified atom stereocenters. The minimum Gasteiger partial charge on any atom is -0.508 e. The quantitative estimate of drug-likeness (QED) is 0.230. The third-order valence-corrected chi connectivity index (χ3v) is 6.03. The van der Waals surface area contributed by atoms with Gasteiger partial charge in [0.1, 0.15) is 28.6 Å². The van der Waals surface area contributed by atoms with E-state index in [1.807, 2.05) is 26.0 Å². The standard InChI is InChI=1S/C28H38O5.C3H6/c1-7-8-20(10-9-18(2)3)16-23-24(30)17-26(32-5)27(28(23)33-6)25(31)15-19(4)21-11-13-22(29)14-12-21;1-3-2/h9,11-14,17,19-20,29-30H,7-8,10,15-16H2,1-6H3;3H,1H2,2H3/t19-,20?;/m0./s1. The summed E-state index contributed by atoms with van der Waals surface area (Å²) in [6.07, 6.45) is 7.79. The molecule has 5 heteroatoms. The fourth-order valence-electron chi connectivity index (χ4n) is 4.21. The zero-order valence-corrected chi connectivity index (χ0v) is 23.1. The SMILES string of the molecule is C=CC.CCCC(CC=C(C)C)Cc1c(O)cc(OC)c(C(=O)C[C@H](C)c2ccc(O)cc2)c1OC. The third kappa shape index (κ3) is 9.10. The van der Waals surface area contributed by atoms with Crippen molar-refractivity contribution in [1.29, 1.82) is 0 Å². The molecule has 0 fully saturated rings. The number of Topliss-reactive ketones (excluding diaryl/α,β-unsaturated/α-hetero) is 1. The second kappa shape index (κ2) is 15.7. The topological polar surface area (TPSA) is 76.0 Å². The van der Waals surface area contributed by atoms with Crippen molar-refractivity contribution in [3.05, 3.63) is 71.3 Å². The molecule has 2 N–H and O–H groups in total. The molecule has 0 amide bonds. The number of methoxy groups -OCH3 is 2. The molecule has 0 aliphatic rings. The number of ether oxygens (including phenoxy) is 2.